The van der Waals surface area contributed by atoms with E-state index in [0.717, 1.165) is 17.7 Å². The summed E-state index contributed by atoms with van der Waals surface area (Å²) in [7, 11) is 1.58. The van der Waals surface area contributed by atoms with Crippen LogP contribution in [-0.2, 0) is 6.18 Å². The summed E-state index contributed by atoms with van der Waals surface area (Å²) in [5, 5.41) is 6.59. The number of halogens is 3. The number of amides is 2. The molecule has 7 nitrogen and oxygen atoms in total. The van der Waals surface area contributed by atoms with Crippen molar-refractivity contribution in [1.29, 1.82) is 0 Å². The van der Waals surface area contributed by atoms with E-state index in [1.54, 1.807) is 12.0 Å². The van der Waals surface area contributed by atoms with Crippen LogP contribution in [0.1, 0.15) is 30.2 Å². The van der Waals surface area contributed by atoms with Gasteiger partial charge in [0.2, 0.25) is 11.7 Å². The second-order valence-electron chi connectivity index (χ2n) is 7.46. The molecule has 32 heavy (non-hydrogen) atoms. The molecule has 168 valence electrons. The number of alkyl halides is 3. The lowest BCUT2D eigenvalue weighted by molar-refractivity contribution is -0.137. The van der Waals surface area contributed by atoms with Gasteiger partial charge in [-0.3, -0.25) is 0 Å². The van der Waals surface area contributed by atoms with Crippen molar-refractivity contribution in [3.8, 4) is 17.1 Å². The minimum absolute atomic E-state index is 0.000495. The Bertz CT molecular complexity index is 1090. The van der Waals surface area contributed by atoms with Crippen molar-refractivity contribution in [2.75, 3.05) is 25.5 Å². The third-order valence-electron chi connectivity index (χ3n) is 5.34. The van der Waals surface area contributed by atoms with Gasteiger partial charge in [-0.1, -0.05) is 23.4 Å². The molecule has 0 unspecified atom stereocenters. The van der Waals surface area contributed by atoms with Crippen LogP contribution in [0.5, 0.6) is 5.75 Å². The van der Waals surface area contributed by atoms with Crippen molar-refractivity contribution in [1.82, 2.24) is 15.0 Å². The molecule has 0 aliphatic carbocycles. The highest BCUT2D eigenvalue weighted by atomic mass is 19.4. The summed E-state index contributed by atoms with van der Waals surface area (Å²) in [6.45, 7) is 0.846. The van der Waals surface area contributed by atoms with Crippen molar-refractivity contribution < 1.29 is 27.2 Å². The van der Waals surface area contributed by atoms with Crippen molar-refractivity contribution in [2.24, 2.45) is 0 Å². The Morgan fingerprint density at radius 2 is 1.91 bits per heavy atom. The predicted octanol–water partition coefficient (Wildman–Crippen LogP) is 5.18. The van der Waals surface area contributed by atoms with E-state index in [9.17, 15) is 18.0 Å². The average Bonchev–Trinajstić information content (AvgIpc) is 3.29. The number of ether oxygens (including phenoxy) is 1. The van der Waals surface area contributed by atoms with Crippen LogP contribution >= 0.6 is 0 Å². The van der Waals surface area contributed by atoms with Gasteiger partial charge in [0, 0.05) is 30.3 Å². The van der Waals surface area contributed by atoms with Gasteiger partial charge in [0.05, 0.1) is 12.7 Å². The number of nitrogens with zero attached hydrogens (tertiary/aromatic N) is 3. The lowest BCUT2D eigenvalue weighted by atomic mass is 9.97. The molecule has 0 saturated carbocycles. The molecule has 1 fully saturated rings. The molecule has 1 saturated heterocycles. The van der Waals surface area contributed by atoms with Gasteiger partial charge in [-0.25, -0.2) is 4.79 Å². The van der Waals surface area contributed by atoms with E-state index in [-0.39, 0.29) is 11.6 Å². The molecular formula is C22H21F3N4O3. The first-order valence-electron chi connectivity index (χ1n) is 10.0. The lowest BCUT2D eigenvalue weighted by Gasteiger charge is -2.30. The zero-order valence-corrected chi connectivity index (χ0v) is 17.2. The molecule has 2 amide bonds. The van der Waals surface area contributed by atoms with Gasteiger partial charge >= 0.3 is 12.2 Å². The Morgan fingerprint density at radius 1 is 1.16 bits per heavy atom. The van der Waals surface area contributed by atoms with Crippen LogP contribution in [0.2, 0.25) is 0 Å². The quantitative estimate of drug-likeness (QED) is 0.598. The molecule has 0 bridgehead atoms. The van der Waals surface area contributed by atoms with Crippen LogP contribution in [-0.4, -0.2) is 41.3 Å². The molecule has 1 aliphatic heterocycles. The summed E-state index contributed by atoms with van der Waals surface area (Å²) in [5.74, 6) is 1.65. The molecular weight excluding hydrogens is 425 g/mol. The number of nitrogens with one attached hydrogen (secondary N) is 1. The first-order valence-corrected chi connectivity index (χ1v) is 10.0. The molecule has 2 aromatic carbocycles. The number of carbonyl (C=O) groups excluding carboxylic acids is 1. The number of urea groups is 1. The number of hydrogen-bond acceptors (Lipinski definition) is 5. The van der Waals surface area contributed by atoms with E-state index in [4.69, 9.17) is 9.26 Å². The topological polar surface area (TPSA) is 80.5 Å². The maximum Gasteiger partial charge on any atom is 0.416 e. The summed E-state index contributed by atoms with van der Waals surface area (Å²) < 4.78 is 49.2. The number of benzene rings is 2. The van der Waals surface area contributed by atoms with Crippen molar-refractivity contribution in [3.05, 3.63) is 60.0 Å². The predicted molar refractivity (Wildman–Crippen MR) is 110 cm³/mol. The molecule has 10 heteroatoms. The van der Waals surface area contributed by atoms with Gasteiger partial charge in [0.15, 0.2) is 0 Å². The van der Waals surface area contributed by atoms with Crippen LogP contribution in [0.25, 0.3) is 11.4 Å². The highest BCUT2D eigenvalue weighted by Gasteiger charge is 2.31. The fraction of sp³-hybridized carbons (Fsp3) is 0.318. The van der Waals surface area contributed by atoms with Gasteiger partial charge in [0.1, 0.15) is 5.75 Å². The number of aromatic nitrogens is 2. The highest BCUT2D eigenvalue weighted by Crippen LogP contribution is 2.32. The van der Waals surface area contributed by atoms with Crippen LogP contribution in [0.4, 0.5) is 23.7 Å². The maximum atomic E-state index is 12.9. The molecule has 1 aromatic heterocycles. The standard InChI is InChI=1S/C22H21F3N4O3/c1-31-18-7-2-4-15(12-18)19-27-20(32-28-19)14-8-10-29(11-9-14)21(30)26-17-6-3-5-16(13-17)22(23,24)25/h2-7,12-14H,8-11H2,1H3,(H,26,30). The number of piperidine rings is 1. The second kappa shape index (κ2) is 8.89. The molecule has 3 aromatic rings. The smallest absolute Gasteiger partial charge is 0.416 e. The van der Waals surface area contributed by atoms with E-state index >= 15 is 0 Å². The van der Waals surface area contributed by atoms with E-state index in [1.165, 1.54) is 12.1 Å². The van der Waals surface area contributed by atoms with Crippen LogP contribution < -0.4 is 10.1 Å². The van der Waals surface area contributed by atoms with Crippen LogP contribution in [0, 0.1) is 0 Å². The number of likely N-dealkylation sites (tertiary alicyclic amines) is 1. The fourth-order valence-electron chi connectivity index (χ4n) is 3.59. The SMILES string of the molecule is COc1cccc(-c2noc(C3CCN(C(=O)Nc4cccc(C(F)(F)F)c4)CC3)n2)c1. The summed E-state index contributed by atoms with van der Waals surface area (Å²) >= 11 is 0. The van der Waals surface area contributed by atoms with E-state index in [0.29, 0.717) is 43.4 Å². The number of methoxy groups -OCH3 is 1. The van der Waals surface area contributed by atoms with Crippen LogP contribution in [0.3, 0.4) is 0 Å². The Hall–Kier alpha value is -3.56. The summed E-state index contributed by atoms with van der Waals surface area (Å²) in [4.78, 5) is 18.5. The van der Waals surface area contributed by atoms with Gasteiger partial charge in [0.25, 0.3) is 0 Å². The molecule has 0 spiro atoms. The van der Waals surface area contributed by atoms with Crippen LogP contribution in [0.15, 0.2) is 53.1 Å². The second-order valence-corrected chi connectivity index (χ2v) is 7.46. The molecule has 2 heterocycles. The Morgan fingerprint density at radius 3 is 2.62 bits per heavy atom. The largest absolute Gasteiger partial charge is 0.497 e. The zero-order valence-electron chi connectivity index (χ0n) is 17.2. The Kier molecular flexibility index (Phi) is 6.02. The summed E-state index contributed by atoms with van der Waals surface area (Å²) in [6.07, 6.45) is -3.25. The highest BCUT2D eigenvalue weighted by molar-refractivity contribution is 5.89. The first kappa shape index (κ1) is 21.7. The minimum Gasteiger partial charge on any atom is -0.497 e. The normalized spacial score (nSPS) is 14.9. The van der Waals surface area contributed by atoms with Gasteiger partial charge in [-0.2, -0.15) is 18.2 Å². The summed E-state index contributed by atoms with van der Waals surface area (Å²) in [6, 6.07) is 11.5. The number of anilines is 1. The van der Waals surface area contributed by atoms with E-state index in [1.807, 2.05) is 24.3 Å². The Balaban J connectivity index is 1.35. The van der Waals surface area contributed by atoms with Crippen molar-refractivity contribution in [3.63, 3.8) is 0 Å². The van der Waals surface area contributed by atoms with Crippen molar-refractivity contribution >= 4 is 11.7 Å². The number of rotatable bonds is 4. The van der Waals surface area contributed by atoms with Gasteiger partial charge in [-0.15, -0.1) is 0 Å². The number of carbonyl (C=O) groups is 1. The van der Waals surface area contributed by atoms with E-state index < -0.39 is 17.8 Å². The minimum atomic E-state index is -4.47. The van der Waals surface area contributed by atoms with Gasteiger partial charge in [-0.05, 0) is 43.2 Å². The molecule has 0 radical (unpaired) electrons. The molecule has 1 aliphatic rings. The monoisotopic (exact) mass is 446 g/mol. The molecule has 4 rings (SSSR count). The molecule has 1 N–H and O–H groups in total. The number of hydrogen-bond donors (Lipinski definition) is 1. The average molecular weight is 446 g/mol. The first-order chi connectivity index (χ1) is 15.3. The molecule has 0 atom stereocenters. The van der Waals surface area contributed by atoms with Crippen molar-refractivity contribution in [2.45, 2.75) is 24.9 Å². The van der Waals surface area contributed by atoms with Gasteiger partial charge < -0.3 is 19.5 Å². The Labute approximate surface area is 182 Å². The fourth-order valence-corrected chi connectivity index (χ4v) is 3.59. The lowest BCUT2D eigenvalue weighted by Crippen LogP contribution is -2.40. The summed E-state index contributed by atoms with van der Waals surface area (Å²) in [5.41, 5.74) is 0.0706. The zero-order chi connectivity index (χ0) is 22.7. The van der Waals surface area contributed by atoms with E-state index in [2.05, 4.69) is 15.5 Å². The third kappa shape index (κ3) is 4.84. The third-order valence-corrected chi connectivity index (χ3v) is 5.34. The maximum absolute atomic E-state index is 12.9.